The number of amides is 1. The molecule has 1 amide bonds. The topological polar surface area (TPSA) is 118 Å². The van der Waals surface area contributed by atoms with Gasteiger partial charge < -0.3 is 28.7 Å². The van der Waals surface area contributed by atoms with Crippen LogP contribution in [0.25, 0.3) is 11.1 Å². The average molecular weight is 430 g/mol. The highest BCUT2D eigenvalue weighted by Gasteiger charge is 2.21. The first-order valence-electron chi connectivity index (χ1n) is 9.47. The smallest absolute Gasteiger partial charge is 0.493 e. The van der Waals surface area contributed by atoms with Gasteiger partial charge >= 0.3 is 11.9 Å². The van der Waals surface area contributed by atoms with Gasteiger partial charge in [-0.1, -0.05) is 0 Å². The minimum absolute atomic E-state index is 0.0101. The molecule has 1 aromatic heterocycles. The van der Waals surface area contributed by atoms with Crippen LogP contribution in [0.15, 0.2) is 39.5 Å². The number of benzene rings is 2. The number of carbonyl (C=O) groups excluding carboxylic acids is 2. The Bertz CT molecular complexity index is 1150. The van der Waals surface area contributed by atoms with Gasteiger partial charge in [0.2, 0.25) is 5.75 Å². The third-order valence-corrected chi connectivity index (χ3v) is 4.41. The SMILES string of the molecule is CCOC(=O)Oc1c(OC)cc(C(=O)Nc2ccc3c(c2)oc(=O)n3CC)cc1OC. The minimum atomic E-state index is -0.926. The number of aryl methyl sites for hydroxylation is 1. The zero-order valence-corrected chi connectivity index (χ0v) is 17.5. The third-order valence-electron chi connectivity index (χ3n) is 4.41. The largest absolute Gasteiger partial charge is 0.514 e. The predicted molar refractivity (Wildman–Crippen MR) is 111 cm³/mol. The summed E-state index contributed by atoms with van der Waals surface area (Å²) in [5, 5.41) is 2.73. The second kappa shape index (κ2) is 9.24. The summed E-state index contributed by atoms with van der Waals surface area (Å²) in [4.78, 5) is 36.3. The van der Waals surface area contributed by atoms with Crippen LogP contribution in [0.3, 0.4) is 0 Å². The number of oxazole rings is 1. The van der Waals surface area contributed by atoms with Gasteiger partial charge in [-0.3, -0.25) is 9.36 Å². The van der Waals surface area contributed by atoms with Crippen LogP contribution >= 0.6 is 0 Å². The summed E-state index contributed by atoms with van der Waals surface area (Å²) in [5.41, 5.74) is 1.61. The Morgan fingerprint density at radius 2 is 1.74 bits per heavy atom. The van der Waals surface area contributed by atoms with Gasteiger partial charge in [-0.05, 0) is 38.1 Å². The van der Waals surface area contributed by atoms with Gasteiger partial charge in [-0.15, -0.1) is 0 Å². The first-order chi connectivity index (χ1) is 14.9. The molecule has 2 aromatic carbocycles. The molecule has 0 saturated carbocycles. The van der Waals surface area contributed by atoms with Crippen molar-refractivity contribution in [2.24, 2.45) is 0 Å². The number of nitrogens with zero attached hydrogens (tertiary/aromatic N) is 1. The van der Waals surface area contributed by atoms with Crippen molar-refractivity contribution in [1.29, 1.82) is 0 Å². The summed E-state index contributed by atoms with van der Waals surface area (Å²) < 4.78 is 27.1. The average Bonchev–Trinajstić information content (AvgIpc) is 3.07. The normalized spacial score (nSPS) is 10.6. The van der Waals surface area contributed by atoms with Crippen molar-refractivity contribution in [2.75, 3.05) is 26.1 Å². The lowest BCUT2D eigenvalue weighted by molar-refractivity contribution is 0.102. The van der Waals surface area contributed by atoms with Gasteiger partial charge in [0.05, 0.1) is 26.3 Å². The number of carbonyl (C=O) groups is 2. The standard InChI is InChI=1S/C21H22N2O8/c1-5-23-14-8-7-13(11-15(14)30-20(23)25)22-19(24)12-9-16(27-3)18(17(10-12)28-4)31-21(26)29-6-2/h7-11H,5-6H2,1-4H3,(H,22,24). The molecule has 1 N–H and O–H groups in total. The lowest BCUT2D eigenvalue weighted by atomic mass is 10.1. The maximum absolute atomic E-state index is 12.8. The number of hydrogen-bond acceptors (Lipinski definition) is 8. The molecule has 3 aromatic rings. The van der Waals surface area contributed by atoms with Crippen molar-refractivity contribution < 1.29 is 33.0 Å². The van der Waals surface area contributed by atoms with E-state index in [1.165, 1.54) is 30.9 Å². The van der Waals surface area contributed by atoms with E-state index in [4.69, 9.17) is 23.4 Å². The molecule has 10 nitrogen and oxygen atoms in total. The second-order valence-electron chi connectivity index (χ2n) is 6.24. The Hall–Kier alpha value is -3.95. The summed E-state index contributed by atoms with van der Waals surface area (Å²) in [7, 11) is 2.73. The summed E-state index contributed by atoms with van der Waals surface area (Å²) in [6, 6.07) is 7.72. The molecule has 10 heteroatoms. The molecular weight excluding hydrogens is 408 g/mol. The van der Waals surface area contributed by atoms with Crippen LogP contribution < -0.4 is 25.3 Å². The van der Waals surface area contributed by atoms with Crippen LogP contribution in [0, 0.1) is 0 Å². The van der Waals surface area contributed by atoms with E-state index >= 15 is 0 Å². The molecule has 0 bridgehead atoms. The van der Waals surface area contributed by atoms with Crippen molar-refractivity contribution in [3.8, 4) is 17.2 Å². The number of nitrogens with one attached hydrogen (secondary N) is 1. The number of methoxy groups -OCH3 is 2. The van der Waals surface area contributed by atoms with E-state index in [9.17, 15) is 14.4 Å². The highest BCUT2D eigenvalue weighted by atomic mass is 16.7. The Labute approximate surface area is 177 Å². The zero-order valence-electron chi connectivity index (χ0n) is 17.5. The maximum atomic E-state index is 12.8. The van der Waals surface area contributed by atoms with Crippen molar-refractivity contribution >= 4 is 28.8 Å². The number of rotatable bonds is 7. The minimum Gasteiger partial charge on any atom is -0.493 e. The molecule has 1 heterocycles. The predicted octanol–water partition coefficient (Wildman–Crippen LogP) is 3.42. The van der Waals surface area contributed by atoms with Gasteiger partial charge in [-0.25, -0.2) is 9.59 Å². The van der Waals surface area contributed by atoms with Gasteiger partial charge in [0.1, 0.15) is 0 Å². The monoisotopic (exact) mass is 430 g/mol. The fourth-order valence-electron chi connectivity index (χ4n) is 2.99. The Morgan fingerprint density at radius 1 is 1.06 bits per heavy atom. The molecule has 0 aliphatic heterocycles. The van der Waals surface area contributed by atoms with Gasteiger partial charge in [-0.2, -0.15) is 0 Å². The molecule has 0 saturated heterocycles. The Morgan fingerprint density at radius 3 is 2.32 bits per heavy atom. The third kappa shape index (κ3) is 4.47. The summed E-state index contributed by atoms with van der Waals surface area (Å²) >= 11 is 0. The summed E-state index contributed by atoms with van der Waals surface area (Å²) in [6.45, 7) is 4.08. The maximum Gasteiger partial charge on any atom is 0.514 e. The molecule has 31 heavy (non-hydrogen) atoms. The van der Waals surface area contributed by atoms with Crippen LogP contribution in [0.2, 0.25) is 0 Å². The number of hydrogen-bond donors (Lipinski definition) is 1. The molecule has 0 aliphatic rings. The van der Waals surface area contributed by atoms with Crippen LogP contribution in [-0.2, 0) is 11.3 Å². The highest BCUT2D eigenvalue weighted by molar-refractivity contribution is 6.05. The summed E-state index contributed by atoms with van der Waals surface area (Å²) in [5.74, 6) is -0.731. The first kappa shape index (κ1) is 21.8. The van der Waals surface area contributed by atoms with E-state index in [0.717, 1.165) is 0 Å². The van der Waals surface area contributed by atoms with E-state index in [1.807, 2.05) is 6.92 Å². The number of fused-ring (bicyclic) bond motifs is 1. The zero-order chi connectivity index (χ0) is 22.5. The van der Waals surface area contributed by atoms with E-state index in [0.29, 0.717) is 23.3 Å². The molecule has 0 unspecified atom stereocenters. The molecule has 0 fully saturated rings. The van der Waals surface area contributed by atoms with Gasteiger partial charge in [0.15, 0.2) is 17.1 Å². The second-order valence-corrected chi connectivity index (χ2v) is 6.24. The molecule has 0 aliphatic carbocycles. The number of aromatic nitrogens is 1. The molecular formula is C21H22N2O8. The van der Waals surface area contributed by atoms with Gasteiger partial charge in [0, 0.05) is 23.9 Å². The van der Waals surface area contributed by atoms with Gasteiger partial charge in [0.25, 0.3) is 5.91 Å². The van der Waals surface area contributed by atoms with E-state index in [-0.39, 0.29) is 29.4 Å². The quantitative estimate of drug-likeness (QED) is 0.447. The molecule has 0 spiro atoms. The molecule has 0 radical (unpaired) electrons. The Kier molecular flexibility index (Phi) is 6.49. The number of anilines is 1. The summed E-state index contributed by atoms with van der Waals surface area (Å²) in [6.07, 6.45) is -0.926. The number of ether oxygens (including phenoxy) is 4. The van der Waals surface area contributed by atoms with Crippen molar-refractivity contribution in [1.82, 2.24) is 4.57 Å². The molecule has 0 atom stereocenters. The van der Waals surface area contributed by atoms with E-state index < -0.39 is 17.8 Å². The van der Waals surface area contributed by atoms with E-state index in [1.54, 1.807) is 25.1 Å². The first-order valence-corrected chi connectivity index (χ1v) is 9.47. The highest BCUT2D eigenvalue weighted by Crippen LogP contribution is 2.39. The lowest BCUT2D eigenvalue weighted by Gasteiger charge is -2.15. The molecule has 3 rings (SSSR count). The van der Waals surface area contributed by atoms with Crippen LogP contribution in [-0.4, -0.2) is 37.5 Å². The fraction of sp³-hybridized carbons (Fsp3) is 0.286. The fourth-order valence-corrected chi connectivity index (χ4v) is 2.99. The van der Waals surface area contributed by atoms with E-state index in [2.05, 4.69) is 5.32 Å². The lowest BCUT2D eigenvalue weighted by Crippen LogP contribution is -2.14. The van der Waals surface area contributed by atoms with Crippen molar-refractivity contribution in [3.63, 3.8) is 0 Å². The van der Waals surface area contributed by atoms with Crippen LogP contribution in [0.4, 0.5) is 10.5 Å². The van der Waals surface area contributed by atoms with Crippen LogP contribution in [0.1, 0.15) is 24.2 Å². The van der Waals surface area contributed by atoms with Crippen molar-refractivity contribution in [2.45, 2.75) is 20.4 Å². The van der Waals surface area contributed by atoms with Crippen LogP contribution in [0.5, 0.6) is 17.2 Å². The Balaban J connectivity index is 1.90. The molecule has 164 valence electrons. The van der Waals surface area contributed by atoms with Crippen molar-refractivity contribution in [3.05, 3.63) is 46.4 Å².